The number of benzene rings is 3. The number of ether oxygens (including phenoxy) is 3. The van der Waals surface area contributed by atoms with Crippen LogP contribution in [0.3, 0.4) is 0 Å². The van der Waals surface area contributed by atoms with Gasteiger partial charge in [0.2, 0.25) is 0 Å². The molecule has 232 valence electrons. The smallest absolute Gasteiger partial charge is 0.338 e. The molecule has 0 unspecified atom stereocenters. The summed E-state index contributed by atoms with van der Waals surface area (Å²) in [5.74, 6) is -0.184. The fourth-order valence-corrected chi connectivity index (χ4v) is 6.91. The topological polar surface area (TPSA) is 96.2 Å². The Bertz CT molecular complexity index is 2060. The zero-order chi connectivity index (χ0) is 32.0. The van der Waals surface area contributed by atoms with Gasteiger partial charge in [-0.15, -0.1) is 11.3 Å². The minimum absolute atomic E-state index is 0.202. The molecular formula is C36H30N2O6S2. The number of carbonyl (C=O) groups excluding carboxylic acids is 2. The van der Waals surface area contributed by atoms with Crippen molar-refractivity contribution in [3.63, 3.8) is 0 Å². The molecule has 0 aliphatic carbocycles. The Hall–Kier alpha value is -5.06. The third-order valence-corrected chi connectivity index (χ3v) is 9.14. The van der Waals surface area contributed by atoms with E-state index in [-0.39, 0.29) is 18.1 Å². The number of fused-ring (bicyclic) bond motifs is 1. The molecule has 0 spiro atoms. The minimum Gasteiger partial charge on any atom is -0.489 e. The Morgan fingerprint density at radius 2 is 1.59 bits per heavy atom. The minimum atomic E-state index is -0.671. The number of hydrogen-bond acceptors (Lipinski definition) is 9. The van der Waals surface area contributed by atoms with Crippen LogP contribution in [0.4, 0.5) is 0 Å². The molecule has 1 aliphatic rings. The van der Waals surface area contributed by atoms with Gasteiger partial charge < -0.3 is 14.2 Å². The quantitative estimate of drug-likeness (QED) is 0.179. The largest absolute Gasteiger partial charge is 0.489 e. The predicted octanol–water partition coefficient (Wildman–Crippen LogP) is 5.75. The van der Waals surface area contributed by atoms with E-state index in [0.717, 1.165) is 21.6 Å². The first-order valence-corrected chi connectivity index (χ1v) is 16.5. The first-order chi connectivity index (χ1) is 22.5. The molecule has 2 aromatic heterocycles. The van der Waals surface area contributed by atoms with Crippen LogP contribution >= 0.6 is 22.7 Å². The molecular weight excluding hydrogens is 621 g/mol. The summed E-state index contributed by atoms with van der Waals surface area (Å²) in [7, 11) is 0. The molecule has 0 fully saturated rings. The van der Waals surface area contributed by atoms with Gasteiger partial charge in [0.05, 0.1) is 34.6 Å². The van der Waals surface area contributed by atoms with Crippen molar-refractivity contribution in [2.45, 2.75) is 26.5 Å². The molecule has 0 bridgehead atoms. The Kier molecular flexibility index (Phi) is 9.37. The van der Waals surface area contributed by atoms with E-state index in [1.165, 1.54) is 22.7 Å². The van der Waals surface area contributed by atoms with Crippen LogP contribution in [0.1, 0.15) is 51.8 Å². The SMILES string of the molecule is CCOC(=O)C1=C(c2ccccc2)N=c2s/c(=C\c3ccc(OCc4ccc(C(=O)OCC)cc4)cc3)c(=O)n2[C@@H]1c1cccs1. The van der Waals surface area contributed by atoms with Crippen molar-refractivity contribution >= 4 is 46.4 Å². The van der Waals surface area contributed by atoms with Crippen molar-refractivity contribution in [3.8, 4) is 5.75 Å². The number of thiazole rings is 1. The van der Waals surface area contributed by atoms with Gasteiger partial charge >= 0.3 is 11.9 Å². The number of nitrogens with zero attached hydrogens (tertiary/aromatic N) is 2. The third-order valence-electron chi connectivity index (χ3n) is 7.23. The Morgan fingerprint density at radius 1 is 0.870 bits per heavy atom. The first kappa shape index (κ1) is 30.9. The molecule has 0 radical (unpaired) electrons. The number of carbonyl (C=O) groups is 2. The fraction of sp³-hybridized carbons (Fsp3) is 0.167. The Morgan fingerprint density at radius 3 is 2.26 bits per heavy atom. The Balaban J connectivity index is 1.31. The van der Waals surface area contributed by atoms with E-state index >= 15 is 0 Å². The van der Waals surface area contributed by atoms with E-state index in [4.69, 9.17) is 19.2 Å². The molecule has 1 atom stereocenters. The zero-order valence-corrected chi connectivity index (χ0v) is 26.8. The van der Waals surface area contributed by atoms with Gasteiger partial charge in [0.1, 0.15) is 18.4 Å². The highest BCUT2D eigenvalue weighted by Crippen LogP contribution is 2.36. The Labute approximate surface area is 273 Å². The highest BCUT2D eigenvalue weighted by Gasteiger charge is 2.35. The molecule has 8 nitrogen and oxygen atoms in total. The molecule has 46 heavy (non-hydrogen) atoms. The van der Waals surface area contributed by atoms with Gasteiger partial charge in [0.15, 0.2) is 4.80 Å². The average molecular weight is 651 g/mol. The second kappa shape index (κ2) is 13.9. The van der Waals surface area contributed by atoms with Gasteiger partial charge in [-0.2, -0.15) is 0 Å². The number of aromatic nitrogens is 1. The zero-order valence-electron chi connectivity index (χ0n) is 25.2. The van der Waals surface area contributed by atoms with Gasteiger partial charge in [0.25, 0.3) is 5.56 Å². The van der Waals surface area contributed by atoms with Crippen LogP contribution in [-0.2, 0) is 20.9 Å². The molecule has 1 aliphatic heterocycles. The standard InChI is InChI=1S/C36H30N2O6S2/c1-3-42-34(40)26-16-12-24(13-17-26)22-44-27-18-14-23(15-19-27)21-29-33(39)38-32(28-11-8-20-45-28)30(35(41)43-4-2)31(37-36(38)46-29)25-9-6-5-7-10-25/h5-21,32H,3-4,22H2,1-2H3/b29-21-/t32-/m1/s1. The number of thiophene rings is 1. The highest BCUT2D eigenvalue weighted by atomic mass is 32.1. The summed E-state index contributed by atoms with van der Waals surface area (Å²) in [5.41, 5.74) is 3.61. The molecule has 0 saturated heterocycles. The van der Waals surface area contributed by atoms with Crippen molar-refractivity contribution < 1.29 is 23.8 Å². The van der Waals surface area contributed by atoms with Crippen molar-refractivity contribution in [2.24, 2.45) is 4.99 Å². The second-order valence-corrected chi connectivity index (χ2v) is 12.2. The normalized spacial score (nSPS) is 14.4. The number of hydrogen-bond donors (Lipinski definition) is 0. The highest BCUT2D eigenvalue weighted by molar-refractivity contribution is 7.10. The lowest BCUT2D eigenvalue weighted by atomic mass is 9.97. The van der Waals surface area contributed by atoms with Crippen molar-refractivity contribution in [2.75, 3.05) is 13.2 Å². The summed E-state index contributed by atoms with van der Waals surface area (Å²) in [6.07, 6.45) is 1.82. The van der Waals surface area contributed by atoms with E-state index in [9.17, 15) is 14.4 Å². The van der Waals surface area contributed by atoms with Crippen LogP contribution in [0.5, 0.6) is 5.75 Å². The van der Waals surface area contributed by atoms with Crippen LogP contribution in [0.15, 0.2) is 112 Å². The lowest BCUT2D eigenvalue weighted by Gasteiger charge is -2.24. The maximum atomic E-state index is 14.0. The molecule has 0 amide bonds. The summed E-state index contributed by atoms with van der Waals surface area (Å²) in [6, 6.07) is 27.2. The van der Waals surface area contributed by atoms with Crippen molar-refractivity contribution in [3.05, 3.63) is 149 Å². The summed E-state index contributed by atoms with van der Waals surface area (Å²) in [5, 5.41) is 1.93. The van der Waals surface area contributed by atoms with E-state index in [1.807, 2.05) is 90.3 Å². The van der Waals surface area contributed by atoms with Gasteiger partial charge in [-0.3, -0.25) is 9.36 Å². The van der Waals surface area contributed by atoms with Crippen molar-refractivity contribution in [1.82, 2.24) is 4.57 Å². The van der Waals surface area contributed by atoms with Gasteiger partial charge in [-0.25, -0.2) is 14.6 Å². The van der Waals surface area contributed by atoms with Gasteiger partial charge in [-0.05, 0) is 66.8 Å². The van der Waals surface area contributed by atoms with Crippen LogP contribution in [0, 0.1) is 0 Å². The van der Waals surface area contributed by atoms with E-state index in [2.05, 4.69) is 0 Å². The maximum Gasteiger partial charge on any atom is 0.338 e. The average Bonchev–Trinajstić information content (AvgIpc) is 3.73. The van der Waals surface area contributed by atoms with E-state index < -0.39 is 12.0 Å². The molecule has 3 aromatic carbocycles. The summed E-state index contributed by atoms with van der Waals surface area (Å²) in [4.78, 5) is 45.6. The fourth-order valence-electron chi connectivity index (χ4n) is 5.09. The monoisotopic (exact) mass is 650 g/mol. The van der Waals surface area contributed by atoms with Crippen LogP contribution in [-0.4, -0.2) is 29.7 Å². The van der Waals surface area contributed by atoms with Gasteiger partial charge in [-0.1, -0.05) is 72.0 Å². The lowest BCUT2D eigenvalue weighted by molar-refractivity contribution is -0.138. The third kappa shape index (κ3) is 6.49. The number of esters is 2. The molecule has 6 rings (SSSR count). The lowest BCUT2D eigenvalue weighted by Crippen LogP contribution is -2.39. The van der Waals surface area contributed by atoms with E-state index in [0.29, 0.717) is 45.1 Å². The predicted molar refractivity (Wildman–Crippen MR) is 179 cm³/mol. The molecule has 5 aromatic rings. The van der Waals surface area contributed by atoms with Crippen molar-refractivity contribution in [1.29, 1.82) is 0 Å². The summed E-state index contributed by atoms with van der Waals surface area (Å²) < 4.78 is 18.6. The van der Waals surface area contributed by atoms with Crippen LogP contribution < -0.4 is 19.6 Å². The second-order valence-electron chi connectivity index (χ2n) is 10.2. The number of rotatable bonds is 10. The summed E-state index contributed by atoms with van der Waals surface area (Å²) >= 11 is 2.76. The summed E-state index contributed by atoms with van der Waals surface area (Å²) in [6.45, 7) is 4.39. The van der Waals surface area contributed by atoms with Gasteiger partial charge in [0, 0.05) is 10.4 Å². The van der Waals surface area contributed by atoms with E-state index in [1.54, 1.807) is 30.5 Å². The molecule has 10 heteroatoms. The van der Waals surface area contributed by atoms with Crippen LogP contribution in [0.25, 0.3) is 11.8 Å². The molecule has 0 N–H and O–H groups in total. The maximum absolute atomic E-state index is 14.0. The van der Waals surface area contributed by atoms with Crippen LogP contribution in [0.2, 0.25) is 0 Å². The molecule has 0 saturated carbocycles. The molecule has 3 heterocycles. The first-order valence-electron chi connectivity index (χ1n) is 14.8.